The van der Waals surface area contributed by atoms with E-state index in [2.05, 4.69) is 10.0 Å². The third-order valence-corrected chi connectivity index (χ3v) is 6.86. The average Bonchev–Trinajstić information content (AvgIpc) is 2.76. The normalized spacial score (nSPS) is 16.9. The van der Waals surface area contributed by atoms with Crippen molar-refractivity contribution in [2.24, 2.45) is 0 Å². The van der Waals surface area contributed by atoms with Crippen LogP contribution in [0.15, 0.2) is 53.4 Å². The number of amides is 2. The number of carbonyl (C=O) groups excluding carboxylic acids is 2. The number of carbonyl (C=O) groups is 2. The fourth-order valence-corrected chi connectivity index (χ4v) is 4.98. The molecular formula is C22H25N3O5S. The monoisotopic (exact) mass is 443 g/mol. The standard InChI is InChI=1S/C22H25N3O5S/c26-21(23-16-7-3-1-4-8-16)14-25-19-13-18(11-12-20(19)30-15-22(25)27)31(28,29)24-17-9-5-2-6-10-17/h2,5-6,9-13,16,24H,1,3-4,7-8,14-15H2,(H,23,26). The molecule has 2 amide bonds. The van der Waals surface area contributed by atoms with Gasteiger partial charge in [0.25, 0.3) is 15.9 Å². The number of anilines is 2. The lowest BCUT2D eigenvalue weighted by Gasteiger charge is -2.30. The minimum absolute atomic E-state index is 0.0221. The zero-order valence-corrected chi connectivity index (χ0v) is 17.9. The van der Waals surface area contributed by atoms with Crippen LogP contribution in [-0.4, -0.2) is 39.4 Å². The lowest BCUT2D eigenvalue weighted by Crippen LogP contribution is -2.47. The van der Waals surface area contributed by atoms with Crippen molar-refractivity contribution in [2.45, 2.75) is 43.0 Å². The Morgan fingerprint density at radius 2 is 1.81 bits per heavy atom. The van der Waals surface area contributed by atoms with Crippen LogP contribution in [-0.2, 0) is 19.6 Å². The molecule has 4 rings (SSSR count). The SMILES string of the molecule is O=C(CN1C(=O)COc2ccc(S(=O)(=O)Nc3ccccc3)cc21)NC1CCCCC1. The van der Waals surface area contributed by atoms with Crippen LogP contribution in [0.1, 0.15) is 32.1 Å². The fourth-order valence-electron chi connectivity index (χ4n) is 3.91. The van der Waals surface area contributed by atoms with Crippen molar-refractivity contribution in [2.75, 3.05) is 22.8 Å². The summed E-state index contributed by atoms with van der Waals surface area (Å²) in [7, 11) is -3.88. The number of fused-ring (bicyclic) bond motifs is 1. The summed E-state index contributed by atoms with van der Waals surface area (Å²) >= 11 is 0. The molecule has 1 heterocycles. The Labute approximate surface area is 181 Å². The zero-order chi connectivity index (χ0) is 21.8. The van der Waals surface area contributed by atoms with Crippen LogP contribution in [0.25, 0.3) is 0 Å². The lowest BCUT2D eigenvalue weighted by molar-refractivity contribution is -0.125. The number of nitrogens with zero attached hydrogens (tertiary/aromatic N) is 1. The molecule has 9 heteroatoms. The summed E-state index contributed by atoms with van der Waals surface area (Å²) in [6.07, 6.45) is 5.22. The van der Waals surface area contributed by atoms with Crippen molar-refractivity contribution in [3.05, 3.63) is 48.5 Å². The summed E-state index contributed by atoms with van der Waals surface area (Å²) in [6.45, 7) is -0.376. The van der Waals surface area contributed by atoms with Gasteiger partial charge in [-0.15, -0.1) is 0 Å². The van der Waals surface area contributed by atoms with Gasteiger partial charge in [0, 0.05) is 11.7 Å². The highest BCUT2D eigenvalue weighted by Crippen LogP contribution is 2.34. The fraction of sp³-hybridized carbons (Fsp3) is 0.364. The highest BCUT2D eigenvalue weighted by atomic mass is 32.2. The van der Waals surface area contributed by atoms with E-state index in [9.17, 15) is 18.0 Å². The molecule has 31 heavy (non-hydrogen) atoms. The van der Waals surface area contributed by atoms with Crippen molar-refractivity contribution in [1.82, 2.24) is 5.32 Å². The van der Waals surface area contributed by atoms with Gasteiger partial charge in [-0.2, -0.15) is 0 Å². The zero-order valence-electron chi connectivity index (χ0n) is 17.0. The minimum atomic E-state index is -3.88. The smallest absolute Gasteiger partial charge is 0.265 e. The Morgan fingerprint density at radius 1 is 1.06 bits per heavy atom. The summed E-state index contributed by atoms with van der Waals surface area (Å²) in [6, 6.07) is 12.9. The maximum atomic E-state index is 12.8. The molecule has 0 saturated heterocycles. The summed E-state index contributed by atoms with van der Waals surface area (Å²) in [5, 5.41) is 2.99. The number of rotatable bonds is 6. The highest BCUT2D eigenvalue weighted by molar-refractivity contribution is 7.92. The van der Waals surface area contributed by atoms with E-state index in [-0.39, 0.29) is 35.7 Å². The van der Waals surface area contributed by atoms with E-state index in [1.54, 1.807) is 30.3 Å². The number of benzene rings is 2. The van der Waals surface area contributed by atoms with Gasteiger partial charge in [0.05, 0.1) is 10.6 Å². The largest absolute Gasteiger partial charge is 0.482 e. The van der Waals surface area contributed by atoms with Gasteiger partial charge in [-0.05, 0) is 43.2 Å². The van der Waals surface area contributed by atoms with Crippen LogP contribution in [0.5, 0.6) is 5.75 Å². The molecule has 0 radical (unpaired) electrons. The first-order chi connectivity index (χ1) is 14.9. The number of nitrogens with one attached hydrogen (secondary N) is 2. The molecule has 0 unspecified atom stereocenters. The first-order valence-corrected chi connectivity index (χ1v) is 11.9. The Balaban J connectivity index is 1.55. The predicted molar refractivity (Wildman–Crippen MR) is 117 cm³/mol. The summed E-state index contributed by atoms with van der Waals surface area (Å²) in [4.78, 5) is 26.3. The molecule has 0 atom stereocenters. The molecule has 2 aromatic carbocycles. The van der Waals surface area contributed by atoms with Crippen molar-refractivity contribution in [3.8, 4) is 5.75 Å². The van der Waals surface area contributed by atoms with Crippen molar-refractivity contribution < 1.29 is 22.7 Å². The van der Waals surface area contributed by atoms with Crippen LogP contribution in [0, 0.1) is 0 Å². The van der Waals surface area contributed by atoms with Gasteiger partial charge >= 0.3 is 0 Å². The number of sulfonamides is 1. The van der Waals surface area contributed by atoms with Crippen LogP contribution in [0.4, 0.5) is 11.4 Å². The first-order valence-electron chi connectivity index (χ1n) is 10.4. The van der Waals surface area contributed by atoms with E-state index < -0.39 is 15.9 Å². The molecule has 1 fully saturated rings. The quantitative estimate of drug-likeness (QED) is 0.714. The summed E-state index contributed by atoms with van der Waals surface area (Å²) < 4.78 is 33.6. The van der Waals surface area contributed by atoms with Gasteiger partial charge in [0.1, 0.15) is 12.3 Å². The first kappa shape index (κ1) is 21.2. The highest BCUT2D eigenvalue weighted by Gasteiger charge is 2.30. The molecule has 0 spiro atoms. The molecule has 1 aliphatic carbocycles. The molecule has 0 bridgehead atoms. The van der Waals surface area contributed by atoms with Gasteiger partial charge in [-0.3, -0.25) is 19.2 Å². The van der Waals surface area contributed by atoms with E-state index in [0.29, 0.717) is 11.4 Å². The van der Waals surface area contributed by atoms with Crippen molar-refractivity contribution in [3.63, 3.8) is 0 Å². The van der Waals surface area contributed by atoms with Gasteiger partial charge in [0.15, 0.2) is 6.61 Å². The van der Waals surface area contributed by atoms with E-state index >= 15 is 0 Å². The van der Waals surface area contributed by atoms with Crippen LogP contribution in [0.2, 0.25) is 0 Å². The van der Waals surface area contributed by atoms with Crippen molar-refractivity contribution in [1.29, 1.82) is 0 Å². The van der Waals surface area contributed by atoms with Gasteiger partial charge in [0.2, 0.25) is 5.91 Å². The van der Waals surface area contributed by atoms with Crippen LogP contribution in [0.3, 0.4) is 0 Å². The second-order valence-electron chi connectivity index (χ2n) is 7.77. The maximum Gasteiger partial charge on any atom is 0.265 e. The second kappa shape index (κ2) is 8.97. The van der Waals surface area contributed by atoms with E-state index in [1.165, 1.54) is 29.5 Å². The van der Waals surface area contributed by atoms with E-state index in [1.807, 2.05) is 0 Å². The topological polar surface area (TPSA) is 105 Å². The third-order valence-electron chi connectivity index (χ3n) is 5.48. The molecule has 8 nitrogen and oxygen atoms in total. The average molecular weight is 444 g/mol. The maximum absolute atomic E-state index is 12.8. The minimum Gasteiger partial charge on any atom is -0.482 e. The number of hydrogen-bond donors (Lipinski definition) is 2. The molecule has 2 aliphatic rings. The Kier molecular flexibility index (Phi) is 6.13. The Bertz CT molecular complexity index is 1070. The number of ether oxygens (including phenoxy) is 1. The number of hydrogen-bond acceptors (Lipinski definition) is 5. The van der Waals surface area contributed by atoms with E-state index in [0.717, 1.165) is 25.7 Å². The summed E-state index contributed by atoms with van der Waals surface area (Å²) in [5.41, 5.74) is 0.697. The van der Waals surface area contributed by atoms with E-state index in [4.69, 9.17) is 4.74 Å². The predicted octanol–water partition coefficient (Wildman–Crippen LogP) is 2.66. The lowest BCUT2D eigenvalue weighted by atomic mass is 9.95. The molecule has 2 aromatic rings. The van der Waals surface area contributed by atoms with Crippen molar-refractivity contribution >= 4 is 33.2 Å². The molecule has 164 valence electrons. The Hall–Kier alpha value is -3.07. The molecule has 1 saturated carbocycles. The molecule has 2 N–H and O–H groups in total. The molecule has 1 aliphatic heterocycles. The summed E-state index contributed by atoms with van der Waals surface area (Å²) in [5.74, 6) is -0.288. The van der Waals surface area contributed by atoms with Crippen LogP contribution < -0.4 is 19.7 Å². The van der Waals surface area contributed by atoms with Crippen LogP contribution >= 0.6 is 0 Å². The van der Waals surface area contributed by atoms with Gasteiger partial charge in [-0.25, -0.2) is 8.42 Å². The number of para-hydroxylation sites is 1. The second-order valence-corrected chi connectivity index (χ2v) is 9.45. The third kappa shape index (κ3) is 4.99. The van der Waals surface area contributed by atoms with Gasteiger partial charge < -0.3 is 10.1 Å². The molecular weight excluding hydrogens is 418 g/mol. The Morgan fingerprint density at radius 3 is 2.55 bits per heavy atom. The van der Waals surface area contributed by atoms with Gasteiger partial charge in [-0.1, -0.05) is 37.5 Å². The molecule has 0 aromatic heterocycles.